The maximum atomic E-state index is 13.2. The van der Waals surface area contributed by atoms with Gasteiger partial charge in [-0.15, -0.1) is 0 Å². The summed E-state index contributed by atoms with van der Waals surface area (Å²) in [7, 11) is -2.18. The van der Waals surface area contributed by atoms with Crippen molar-refractivity contribution in [2.45, 2.75) is 30.7 Å². The van der Waals surface area contributed by atoms with Crippen LogP contribution in [0.2, 0.25) is 0 Å². The number of hydrogen-bond acceptors (Lipinski definition) is 4. The summed E-state index contributed by atoms with van der Waals surface area (Å²) in [5.74, 6) is 0. The molecule has 28 heavy (non-hydrogen) atoms. The summed E-state index contributed by atoms with van der Waals surface area (Å²) >= 11 is 6.55. The number of halogens is 1. The Balaban J connectivity index is 1.91. The van der Waals surface area contributed by atoms with Crippen LogP contribution in [0.15, 0.2) is 47.4 Å². The molecule has 1 aliphatic heterocycles. The highest BCUT2D eigenvalue weighted by Crippen LogP contribution is 2.33. The van der Waals surface area contributed by atoms with Crippen LogP contribution in [0, 0.1) is 6.92 Å². The maximum Gasteiger partial charge on any atom is 0.244 e. The van der Waals surface area contributed by atoms with Gasteiger partial charge in [-0.05, 0) is 48.2 Å². The molecule has 0 radical (unpaired) electrons. The molecule has 0 spiro atoms. The van der Waals surface area contributed by atoms with Gasteiger partial charge in [0.2, 0.25) is 10.0 Å². The normalized spacial score (nSPS) is 16.4. The van der Waals surface area contributed by atoms with Crippen molar-refractivity contribution in [3.8, 4) is 0 Å². The van der Waals surface area contributed by atoms with Crippen LogP contribution in [-0.4, -0.2) is 45.9 Å². The van der Waals surface area contributed by atoms with E-state index in [0.717, 1.165) is 55.0 Å². The van der Waals surface area contributed by atoms with Crippen molar-refractivity contribution in [2.24, 2.45) is 0 Å². The first-order valence-electron chi connectivity index (χ1n) is 9.62. The quantitative estimate of drug-likeness (QED) is 0.572. The number of alkyl halides is 1. The van der Waals surface area contributed by atoms with E-state index < -0.39 is 15.5 Å². The van der Waals surface area contributed by atoms with E-state index in [1.54, 1.807) is 12.1 Å². The molecule has 3 rings (SSSR count). The van der Waals surface area contributed by atoms with Crippen molar-refractivity contribution in [3.05, 3.63) is 59.2 Å². The first-order valence-corrected chi connectivity index (χ1v) is 11.5. The molecule has 7 heteroatoms. The molecule has 1 atom stereocenters. The second-order valence-electron chi connectivity index (χ2n) is 7.09. The van der Waals surface area contributed by atoms with Crippen LogP contribution >= 0.6 is 11.6 Å². The highest BCUT2D eigenvalue weighted by molar-refractivity contribution is 7.89. The Labute approximate surface area is 173 Å². The second kappa shape index (κ2) is 8.82. The van der Waals surface area contributed by atoms with Crippen molar-refractivity contribution < 1.29 is 8.42 Å². The standard InChI is InChI=1S/C21H28ClN3O2S/c1-4-17-15-18(9-10-20(17)25-13-11-23-12-14-25)28(26,27)24(3)21(22)19-8-6-5-7-16(19)2/h5-10,15,21,23H,4,11-14H2,1-3H3. The molecule has 0 saturated carbocycles. The number of piperazine rings is 1. The number of sulfonamides is 1. The molecule has 2 aromatic carbocycles. The molecule has 1 N–H and O–H groups in total. The Bertz CT molecular complexity index is 927. The molecule has 0 aromatic heterocycles. The molecular weight excluding hydrogens is 394 g/mol. The summed E-state index contributed by atoms with van der Waals surface area (Å²) in [5.41, 5.74) is 3.16. The monoisotopic (exact) mass is 421 g/mol. The summed E-state index contributed by atoms with van der Waals surface area (Å²) < 4.78 is 27.7. The van der Waals surface area contributed by atoms with Crippen LogP contribution in [0.1, 0.15) is 29.1 Å². The molecule has 0 amide bonds. The Morgan fingerprint density at radius 3 is 2.50 bits per heavy atom. The van der Waals surface area contributed by atoms with E-state index in [9.17, 15) is 8.42 Å². The van der Waals surface area contributed by atoms with Gasteiger partial charge in [-0.3, -0.25) is 0 Å². The lowest BCUT2D eigenvalue weighted by Crippen LogP contribution is -2.43. The largest absolute Gasteiger partial charge is 0.369 e. The number of anilines is 1. The third kappa shape index (κ3) is 4.20. The van der Waals surface area contributed by atoms with E-state index in [1.807, 2.05) is 37.3 Å². The van der Waals surface area contributed by atoms with Crippen LogP contribution < -0.4 is 10.2 Å². The zero-order valence-corrected chi connectivity index (χ0v) is 18.2. The molecule has 1 fully saturated rings. The first kappa shape index (κ1) is 21.1. The minimum atomic E-state index is -3.71. The van der Waals surface area contributed by atoms with E-state index in [-0.39, 0.29) is 4.90 Å². The molecular formula is C21H28ClN3O2S. The van der Waals surface area contributed by atoms with E-state index in [1.165, 1.54) is 11.4 Å². The first-order chi connectivity index (χ1) is 13.4. The van der Waals surface area contributed by atoms with Gasteiger partial charge in [0, 0.05) is 38.9 Å². The Kier molecular flexibility index (Phi) is 6.65. The summed E-state index contributed by atoms with van der Waals surface area (Å²) in [4.78, 5) is 2.60. The van der Waals surface area contributed by atoms with Crippen LogP contribution in [0.5, 0.6) is 0 Å². The topological polar surface area (TPSA) is 52.7 Å². The summed E-state index contributed by atoms with van der Waals surface area (Å²) in [6, 6.07) is 13.0. The lowest BCUT2D eigenvalue weighted by atomic mass is 10.1. The lowest BCUT2D eigenvalue weighted by Gasteiger charge is -2.31. The minimum Gasteiger partial charge on any atom is -0.369 e. The van der Waals surface area contributed by atoms with Gasteiger partial charge in [-0.1, -0.05) is 42.8 Å². The van der Waals surface area contributed by atoms with Crippen LogP contribution in [0.25, 0.3) is 0 Å². The minimum absolute atomic E-state index is 0.282. The molecule has 2 aromatic rings. The van der Waals surface area contributed by atoms with Crippen molar-refractivity contribution in [1.29, 1.82) is 0 Å². The van der Waals surface area contributed by atoms with E-state index >= 15 is 0 Å². The number of hydrogen-bond donors (Lipinski definition) is 1. The lowest BCUT2D eigenvalue weighted by molar-refractivity contribution is 0.453. The number of benzene rings is 2. The molecule has 152 valence electrons. The smallest absolute Gasteiger partial charge is 0.244 e. The zero-order chi connectivity index (χ0) is 20.3. The number of rotatable bonds is 6. The third-order valence-electron chi connectivity index (χ3n) is 5.33. The summed E-state index contributed by atoms with van der Waals surface area (Å²) in [6.07, 6.45) is 0.772. The van der Waals surface area contributed by atoms with E-state index in [4.69, 9.17) is 11.6 Å². The fourth-order valence-corrected chi connectivity index (χ4v) is 5.34. The number of nitrogens with one attached hydrogen (secondary N) is 1. The van der Waals surface area contributed by atoms with Crippen molar-refractivity contribution in [2.75, 3.05) is 38.1 Å². The Morgan fingerprint density at radius 2 is 1.86 bits per heavy atom. The number of aryl methyl sites for hydroxylation is 2. The van der Waals surface area contributed by atoms with E-state index in [0.29, 0.717) is 0 Å². The molecule has 1 unspecified atom stereocenters. The van der Waals surface area contributed by atoms with Crippen molar-refractivity contribution in [3.63, 3.8) is 0 Å². The predicted molar refractivity (Wildman–Crippen MR) is 116 cm³/mol. The molecule has 5 nitrogen and oxygen atoms in total. The Morgan fingerprint density at radius 1 is 1.18 bits per heavy atom. The molecule has 1 aliphatic rings. The van der Waals surface area contributed by atoms with Gasteiger partial charge in [0.05, 0.1) is 4.90 Å². The van der Waals surface area contributed by atoms with Crippen LogP contribution in [0.3, 0.4) is 0 Å². The molecule has 0 bridgehead atoms. The van der Waals surface area contributed by atoms with Gasteiger partial charge in [-0.2, -0.15) is 4.31 Å². The Hall–Kier alpha value is -1.60. The second-order valence-corrected chi connectivity index (χ2v) is 9.51. The molecule has 0 aliphatic carbocycles. The fraction of sp³-hybridized carbons (Fsp3) is 0.429. The molecule has 1 heterocycles. The van der Waals surface area contributed by atoms with Gasteiger partial charge in [0.25, 0.3) is 0 Å². The van der Waals surface area contributed by atoms with Gasteiger partial charge >= 0.3 is 0 Å². The predicted octanol–water partition coefficient (Wildman–Crippen LogP) is 3.53. The summed E-state index contributed by atoms with van der Waals surface area (Å²) in [6.45, 7) is 7.72. The van der Waals surface area contributed by atoms with Crippen molar-refractivity contribution in [1.82, 2.24) is 9.62 Å². The average Bonchev–Trinajstić information content (AvgIpc) is 2.73. The summed E-state index contributed by atoms with van der Waals surface area (Å²) in [5, 5.41) is 3.35. The maximum absolute atomic E-state index is 13.2. The highest BCUT2D eigenvalue weighted by atomic mass is 35.5. The highest BCUT2D eigenvalue weighted by Gasteiger charge is 2.29. The van der Waals surface area contributed by atoms with Gasteiger partial charge < -0.3 is 10.2 Å². The van der Waals surface area contributed by atoms with Gasteiger partial charge in [0.15, 0.2) is 0 Å². The van der Waals surface area contributed by atoms with E-state index in [2.05, 4.69) is 17.1 Å². The van der Waals surface area contributed by atoms with Crippen LogP contribution in [-0.2, 0) is 16.4 Å². The fourth-order valence-electron chi connectivity index (χ4n) is 3.56. The van der Waals surface area contributed by atoms with Crippen LogP contribution in [0.4, 0.5) is 5.69 Å². The molecule has 1 saturated heterocycles. The van der Waals surface area contributed by atoms with Gasteiger partial charge in [0.1, 0.15) is 5.50 Å². The van der Waals surface area contributed by atoms with Crippen molar-refractivity contribution >= 4 is 27.3 Å². The third-order valence-corrected chi connectivity index (χ3v) is 7.79. The SMILES string of the molecule is CCc1cc(S(=O)(=O)N(C)C(Cl)c2ccccc2C)ccc1N1CCNCC1. The average molecular weight is 422 g/mol. The van der Waals surface area contributed by atoms with Gasteiger partial charge in [-0.25, -0.2) is 8.42 Å². The number of nitrogens with zero attached hydrogens (tertiary/aromatic N) is 2. The zero-order valence-electron chi connectivity index (χ0n) is 16.7.